The Balaban J connectivity index is 1.77. The summed E-state index contributed by atoms with van der Waals surface area (Å²) >= 11 is 0. The van der Waals surface area contributed by atoms with Crippen molar-refractivity contribution in [1.29, 1.82) is 0 Å². The van der Waals surface area contributed by atoms with Crippen molar-refractivity contribution in [1.82, 2.24) is 9.78 Å². The fourth-order valence-corrected chi connectivity index (χ4v) is 5.03. The molecule has 230 valence electrons. The van der Waals surface area contributed by atoms with E-state index in [-0.39, 0.29) is 30.9 Å². The standard InChI is InChI=1S/C29H45N3O9/c1-17(2)24-21(15-19-9-10-20(14-18(19)3)39-13-7-5-4-6-8-23(30)35)28(31-32(24)11-12-33)41-29-27(38)26(37)25(36)22(16-34)40-29/h9-10,14,17,22,25-27,29,33-34,36-38H,4-8,11-13,15-16H2,1-3H3,(H2,30,35)/t22-,25-,26+,27-,29+/m1/s1. The summed E-state index contributed by atoms with van der Waals surface area (Å²) in [7, 11) is 0. The van der Waals surface area contributed by atoms with E-state index in [1.165, 1.54) is 0 Å². The first kappa shape index (κ1) is 32.8. The number of unbranched alkanes of at least 4 members (excludes halogenated alkanes) is 3. The van der Waals surface area contributed by atoms with Crippen LogP contribution in [-0.4, -0.2) is 91.7 Å². The van der Waals surface area contributed by atoms with Gasteiger partial charge in [0.25, 0.3) is 0 Å². The number of ether oxygens (including phenoxy) is 3. The summed E-state index contributed by atoms with van der Waals surface area (Å²) in [6.45, 7) is 6.07. The molecule has 1 aromatic heterocycles. The van der Waals surface area contributed by atoms with E-state index in [1.807, 2.05) is 39.0 Å². The SMILES string of the molecule is Cc1cc(OCCCCCCC(N)=O)ccc1Cc1c(O[C@@H]2O[C@H](CO)[C@@H](O)[C@H](O)[C@H]2O)nn(CCO)c1C(C)C. The van der Waals surface area contributed by atoms with Crippen LogP contribution in [-0.2, 0) is 22.5 Å². The maximum absolute atomic E-state index is 10.8. The molecule has 12 heteroatoms. The number of benzene rings is 1. The molecule has 41 heavy (non-hydrogen) atoms. The summed E-state index contributed by atoms with van der Waals surface area (Å²) in [6.07, 6.45) is -2.76. The Hall–Kier alpha value is -2.74. The first-order chi connectivity index (χ1) is 19.6. The Morgan fingerprint density at radius 1 is 1.10 bits per heavy atom. The second-order valence-electron chi connectivity index (χ2n) is 10.8. The molecule has 5 atom stereocenters. The molecule has 0 bridgehead atoms. The summed E-state index contributed by atoms with van der Waals surface area (Å²) in [5.41, 5.74) is 8.73. The molecule has 2 aromatic rings. The van der Waals surface area contributed by atoms with Gasteiger partial charge in [0.2, 0.25) is 18.1 Å². The van der Waals surface area contributed by atoms with Crippen molar-refractivity contribution in [2.24, 2.45) is 5.73 Å². The second kappa shape index (κ2) is 15.5. The van der Waals surface area contributed by atoms with E-state index >= 15 is 0 Å². The van der Waals surface area contributed by atoms with Crippen molar-refractivity contribution < 1.29 is 44.5 Å². The van der Waals surface area contributed by atoms with Gasteiger partial charge in [-0.25, -0.2) is 0 Å². The monoisotopic (exact) mass is 579 g/mol. The van der Waals surface area contributed by atoms with Gasteiger partial charge in [0.15, 0.2) is 0 Å². The van der Waals surface area contributed by atoms with E-state index in [9.17, 15) is 30.3 Å². The van der Waals surface area contributed by atoms with E-state index in [0.29, 0.717) is 19.4 Å². The summed E-state index contributed by atoms with van der Waals surface area (Å²) in [4.78, 5) is 10.8. The number of carbonyl (C=O) groups excluding carboxylic acids is 1. The number of aliphatic hydroxyl groups is 5. The molecular weight excluding hydrogens is 534 g/mol. The van der Waals surface area contributed by atoms with Crippen LogP contribution in [0.25, 0.3) is 0 Å². The molecule has 0 unspecified atom stereocenters. The average Bonchev–Trinajstić information content (AvgIpc) is 3.26. The van der Waals surface area contributed by atoms with Crippen molar-refractivity contribution >= 4 is 5.91 Å². The lowest BCUT2D eigenvalue weighted by atomic mass is 9.96. The number of aliphatic hydroxyl groups excluding tert-OH is 5. The highest BCUT2D eigenvalue weighted by atomic mass is 16.7. The molecule has 0 radical (unpaired) electrons. The van der Waals surface area contributed by atoms with Crippen molar-refractivity contribution in [3.63, 3.8) is 0 Å². The zero-order valence-electron chi connectivity index (χ0n) is 24.1. The zero-order chi connectivity index (χ0) is 30.1. The number of carbonyl (C=O) groups is 1. The number of rotatable bonds is 16. The van der Waals surface area contributed by atoms with Crippen molar-refractivity contribution in [2.75, 3.05) is 19.8 Å². The minimum atomic E-state index is -1.58. The number of nitrogens with two attached hydrogens (primary N) is 1. The van der Waals surface area contributed by atoms with E-state index in [2.05, 4.69) is 5.10 Å². The molecule has 2 heterocycles. The molecule has 3 rings (SSSR count). The number of amides is 1. The molecule has 0 aliphatic carbocycles. The zero-order valence-corrected chi connectivity index (χ0v) is 24.1. The molecular formula is C29H45N3O9. The minimum Gasteiger partial charge on any atom is -0.494 e. The molecule has 1 saturated heterocycles. The van der Waals surface area contributed by atoms with Crippen molar-refractivity contribution in [3.05, 3.63) is 40.6 Å². The van der Waals surface area contributed by atoms with E-state index in [4.69, 9.17) is 19.9 Å². The number of hydrogen-bond acceptors (Lipinski definition) is 10. The predicted molar refractivity (Wildman–Crippen MR) is 150 cm³/mol. The summed E-state index contributed by atoms with van der Waals surface area (Å²) in [5, 5.41) is 54.6. The molecule has 1 amide bonds. The maximum atomic E-state index is 10.8. The summed E-state index contributed by atoms with van der Waals surface area (Å²) in [6, 6.07) is 5.84. The first-order valence-corrected chi connectivity index (χ1v) is 14.3. The lowest BCUT2D eigenvalue weighted by Gasteiger charge is -2.39. The number of aromatic nitrogens is 2. The van der Waals surface area contributed by atoms with Gasteiger partial charge < -0.3 is 45.5 Å². The fourth-order valence-electron chi connectivity index (χ4n) is 5.03. The van der Waals surface area contributed by atoms with Gasteiger partial charge in [-0.2, -0.15) is 0 Å². The highest BCUT2D eigenvalue weighted by molar-refractivity contribution is 5.73. The molecule has 0 saturated carbocycles. The molecule has 1 aliphatic rings. The third-order valence-electron chi connectivity index (χ3n) is 7.26. The van der Waals surface area contributed by atoms with Gasteiger partial charge in [-0.1, -0.05) is 32.8 Å². The lowest BCUT2D eigenvalue weighted by molar-refractivity contribution is -0.278. The number of aryl methyl sites for hydroxylation is 1. The predicted octanol–water partition coefficient (Wildman–Crippen LogP) is 0.891. The van der Waals surface area contributed by atoms with Gasteiger partial charge >= 0.3 is 0 Å². The van der Waals surface area contributed by atoms with E-state index < -0.39 is 37.3 Å². The Morgan fingerprint density at radius 2 is 1.83 bits per heavy atom. The number of primary amides is 1. The van der Waals surface area contributed by atoms with Crippen molar-refractivity contribution in [2.45, 2.75) is 102 Å². The summed E-state index contributed by atoms with van der Waals surface area (Å²) < 4.78 is 19.1. The first-order valence-electron chi connectivity index (χ1n) is 14.3. The van der Waals surface area contributed by atoms with Gasteiger partial charge in [0, 0.05) is 24.1 Å². The van der Waals surface area contributed by atoms with Gasteiger partial charge in [-0.05, 0) is 48.9 Å². The van der Waals surface area contributed by atoms with Gasteiger partial charge in [-0.15, -0.1) is 5.10 Å². The third-order valence-corrected chi connectivity index (χ3v) is 7.26. The minimum absolute atomic E-state index is 0.0158. The molecule has 1 aromatic carbocycles. The van der Waals surface area contributed by atoms with Crippen LogP contribution in [0.5, 0.6) is 11.6 Å². The van der Waals surface area contributed by atoms with E-state index in [0.717, 1.165) is 53.8 Å². The van der Waals surface area contributed by atoms with Gasteiger partial charge in [-0.3, -0.25) is 9.48 Å². The fraction of sp³-hybridized carbons (Fsp3) is 0.655. The average molecular weight is 580 g/mol. The largest absolute Gasteiger partial charge is 0.494 e. The van der Waals surface area contributed by atoms with Crippen molar-refractivity contribution in [3.8, 4) is 11.6 Å². The highest BCUT2D eigenvalue weighted by Gasteiger charge is 2.45. The van der Waals surface area contributed by atoms with Crippen LogP contribution >= 0.6 is 0 Å². The Bertz CT molecular complexity index is 1120. The van der Waals surface area contributed by atoms with Crippen LogP contribution in [0.4, 0.5) is 0 Å². The quantitative estimate of drug-likeness (QED) is 0.156. The van der Waals surface area contributed by atoms with Crippen LogP contribution in [0.2, 0.25) is 0 Å². The Labute approximate surface area is 240 Å². The molecule has 1 fully saturated rings. The normalized spacial score (nSPS) is 22.7. The third kappa shape index (κ3) is 8.63. The number of hydrogen-bond donors (Lipinski definition) is 6. The van der Waals surface area contributed by atoms with Crippen LogP contribution in [0.1, 0.15) is 74.3 Å². The molecule has 0 spiro atoms. The van der Waals surface area contributed by atoms with Crippen LogP contribution in [0, 0.1) is 6.92 Å². The Morgan fingerprint density at radius 3 is 2.46 bits per heavy atom. The molecule has 1 aliphatic heterocycles. The van der Waals surface area contributed by atoms with Crippen LogP contribution in [0.3, 0.4) is 0 Å². The van der Waals surface area contributed by atoms with Crippen LogP contribution in [0.15, 0.2) is 18.2 Å². The summed E-state index contributed by atoms with van der Waals surface area (Å²) in [5.74, 6) is 0.663. The smallest absolute Gasteiger partial charge is 0.239 e. The Kier molecular flexibility index (Phi) is 12.4. The van der Waals surface area contributed by atoms with Crippen LogP contribution < -0.4 is 15.2 Å². The second-order valence-corrected chi connectivity index (χ2v) is 10.8. The van der Waals surface area contributed by atoms with Gasteiger partial charge in [0.05, 0.1) is 26.4 Å². The maximum Gasteiger partial charge on any atom is 0.239 e. The molecule has 7 N–H and O–H groups in total. The molecule has 12 nitrogen and oxygen atoms in total. The van der Waals surface area contributed by atoms with E-state index in [1.54, 1.807) is 4.68 Å². The topological polar surface area (TPSA) is 190 Å². The van der Waals surface area contributed by atoms with Gasteiger partial charge in [0.1, 0.15) is 30.2 Å². The highest BCUT2D eigenvalue weighted by Crippen LogP contribution is 2.34. The lowest BCUT2D eigenvalue weighted by Crippen LogP contribution is -2.60. The number of nitrogens with zero attached hydrogens (tertiary/aromatic N) is 2.